The summed E-state index contributed by atoms with van der Waals surface area (Å²) >= 11 is 3.34. The molecule has 0 spiro atoms. The number of nitrogens with zero attached hydrogens (tertiary/aromatic N) is 2. The molecular weight excluding hydrogens is 334 g/mol. The van der Waals surface area contributed by atoms with Crippen molar-refractivity contribution < 1.29 is 5.11 Å². The molecule has 0 saturated heterocycles. The van der Waals surface area contributed by atoms with Crippen molar-refractivity contribution in [1.29, 1.82) is 0 Å². The van der Waals surface area contributed by atoms with E-state index in [1.165, 1.54) is 0 Å². The number of aromatic hydroxyl groups is 1. The van der Waals surface area contributed by atoms with E-state index in [9.17, 15) is 9.90 Å². The Hall–Kier alpha value is -2.47. The lowest BCUT2D eigenvalue weighted by atomic mass is 10.1. The Morgan fingerprint density at radius 3 is 2.62 bits per heavy atom. The van der Waals surface area contributed by atoms with Crippen LogP contribution < -0.4 is 5.56 Å². The standard InChI is InChI=1S/C15H10BrN3O2/c16-11-5-1-3-9(7-11)12-14(20)18-13(19-15(12)21)10-4-2-6-17-8-10/h1-8H,(H2,18,19,20,21). The van der Waals surface area contributed by atoms with Crippen LogP contribution in [0.4, 0.5) is 0 Å². The van der Waals surface area contributed by atoms with Gasteiger partial charge in [0.05, 0.1) is 0 Å². The number of pyridine rings is 1. The summed E-state index contributed by atoms with van der Waals surface area (Å²) in [7, 11) is 0. The highest BCUT2D eigenvalue weighted by atomic mass is 79.9. The van der Waals surface area contributed by atoms with Crippen molar-refractivity contribution in [3.63, 3.8) is 0 Å². The quantitative estimate of drug-likeness (QED) is 0.749. The van der Waals surface area contributed by atoms with Crippen molar-refractivity contribution in [2.24, 2.45) is 0 Å². The van der Waals surface area contributed by atoms with Crippen molar-refractivity contribution in [2.75, 3.05) is 0 Å². The Morgan fingerprint density at radius 1 is 1.14 bits per heavy atom. The summed E-state index contributed by atoms with van der Waals surface area (Å²) in [6.07, 6.45) is 3.19. The normalized spacial score (nSPS) is 10.5. The Kier molecular flexibility index (Phi) is 3.53. The zero-order valence-electron chi connectivity index (χ0n) is 10.7. The topological polar surface area (TPSA) is 78.9 Å². The molecule has 21 heavy (non-hydrogen) atoms. The van der Waals surface area contributed by atoms with E-state index in [2.05, 4.69) is 30.9 Å². The molecule has 0 atom stereocenters. The lowest BCUT2D eigenvalue weighted by molar-refractivity contribution is 0.454. The molecule has 0 bridgehead atoms. The zero-order chi connectivity index (χ0) is 14.8. The highest BCUT2D eigenvalue weighted by Gasteiger charge is 2.14. The van der Waals surface area contributed by atoms with Gasteiger partial charge in [-0.3, -0.25) is 9.78 Å². The average Bonchev–Trinajstić information content (AvgIpc) is 2.47. The number of aromatic nitrogens is 3. The molecule has 1 aromatic carbocycles. The zero-order valence-corrected chi connectivity index (χ0v) is 12.3. The van der Waals surface area contributed by atoms with E-state index in [-0.39, 0.29) is 17.3 Å². The predicted molar refractivity (Wildman–Crippen MR) is 82.9 cm³/mol. The molecule has 0 unspecified atom stereocenters. The number of halogens is 1. The summed E-state index contributed by atoms with van der Waals surface area (Å²) in [6, 6.07) is 10.6. The fraction of sp³-hybridized carbons (Fsp3) is 0. The highest BCUT2D eigenvalue weighted by Crippen LogP contribution is 2.27. The molecule has 6 heteroatoms. The molecule has 0 aliphatic carbocycles. The number of aromatic amines is 1. The minimum atomic E-state index is -0.403. The Bertz CT molecular complexity index is 847. The first-order valence-corrected chi connectivity index (χ1v) is 6.94. The maximum atomic E-state index is 12.3. The molecule has 2 aromatic heterocycles. The summed E-state index contributed by atoms with van der Waals surface area (Å²) in [5, 5.41) is 10.1. The van der Waals surface area contributed by atoms with E-state index in [1.54, 1.807) is 42.7 Å². The second-order valence-electron chi connectivity index (χ2n) is 4.37. The monoisotopic (exact) mass is 343 g/mol. The molecule has 0 radical (unpaired) electrons. The van der Waals surface area contributed by atoms with Gasteiger partial charge in [0.1, 0.15) is 11.4 Å². The molecule has 3 rings (SSSR count). The van der Waals surface area contributed by atoms with Gasteiger partial charge < -0.3 is 10.1 Å². The molecule has 2 N–H and O–H groups in total. The fourth-order valence-corrected chi connectivity index (χ4v) is 2.40. The van der Waals surface area contributed by atoms with E-state index in [0.717, 1.165) is 4.47 Å². The molecule has 0 fully saturated rings. The van der Waals surface area contributed by atoms with Gasteiger partial charge in [-0.2, -0.15) is 4.98 Å². The third-order valence-corrected chi connectivity index (χ3v) is 3.44. The summed E-state index contributed by atoms with van der Waals surface area (Å²) < 4.78 is 0.815. The number of hydrogen-bond acceptors (Lipinski definition) is 4. The smallest absolute Gasteiger partial charge is 0.262 e. The molecule has 104 valence electrons. The SMILES string of the molecule is O=c1[nH]c(-c2cccnc2)nc(O)c1-c1cccc(Br)c1. The van der Waals surface area contributed by atoms with E-state index >= 15 is 0 Å². The third-order valence-electron chi connectivity index (χ3n) is 2.95. The maximum absolute atomic E-state index is 12.3. The molecule has 3 aromatic rings. The van der Waals surface area contributed by atoms with Gasteiger partial charge in [-0.15, -0.1) is 0 Å². The van der Waals surface area contributed by atoms with Gasteiger partial charge >= 0.3 is 0 Å². The summed E-state index contributed by atoms with van der Waals surface area (Å²) in [5.41, 5.74) is 0.961. The van der Waals surface area contributed by atoms with Crippen LogP contribution in [0.3, 0.4) is 0 Å². The van der Waals surface area contributed by atoms with Crippen molar-refractivity contribution in [3.05, 3.63) is 63.6 Å². The molecule has 0 aliphatic heterocycles. The van der Waals surface area contributed by atoms with Crippen LogP contribution in [0, 0.1) is 0 Å². The van der Waals surface area contributed by atoms with Crippen LogP contribution in [0.1, 0.15) is 0 Å². The van der Waals surface area contributed by atoms with Crippen molar-refractivity contribution in [1.82, 2.24) is 15.0 Å². The lowest BCUT2D eigenvalue weighted by Crippen LogP contribution is -2.12. The first kappa shape index (κ1) is 13.5. The summed E-state index contributed by atoms with van der Waals surface area (Å²) in [5.74, 6) is -0.0277. The van der Waals surface area contributed by atoms with Crippen LogP contribution in [-0.2, 0) is 0 Å². The first-order chi connectivity index (χ1) is 10.1. The van der Waals surface area contributed by atoms with E-state index in [4.69, 9.17) is 0 Å². The summed E-state index contributed by atoms with van der Waals surface area (Å²) in [6.45, 7) is 0. The van der Waals surface area contributed by atoms with Crippen LogP contribution in [0.25, 0.3) is 22.5 Å². The fourth-order valence-electron chi connectivity index (χ4n) is 2.01. The van der Waals surface area contributed by atoms with Crippen LogP contribution in [-0.4, -0.2) is 20.1 Å². The number of hydrogen-bond donors (Lipinski definition) is 2. The molecule has 0 aliphatic rings. The Labute approximate surface area is 128 Å². The molecule has 2 heterocycles. The number of rotatable bonds is 2. The van der Waals surface area contributed by atoms with Crippen LogP contribution in [0.5, 0.6) is 5.88 Å². The van der Waals surface area contributed by atoms with Gasteiger partial charge in [-0.1, -0.05) is 28.1 Å². The van der Waals surface area contributed by atoms with Crippen LogP contribution >= 0.6 is 15.9 Å². The number of benzene rings is 1. The Balaban J connectivity index is 2.16. The van der Waals surface area contributed by atoms with Gasteiger partial charge in [0.25, 0.3) is 5.56 Å². The predicted octanol–water partition coefficient (Wildman–Crippen LogP) is 2.97. The van der Waals surface area contributed by atoms with Crippen molar-refractivity contribution >= 4 is 15.9 Å². The first-order valence-electron chi connectivity index (χ1n) is 6.15. The van der Waals surface area contributed by atoms with Gasteiger partial charge in [0.15, 0.2) is 0 Å². The van der Waals surface area contributed by atoms with Gasteiger partial charge in [0.2, 0.25) is 5.88 Å². The molecule has 0 saturated carbocycles. The van der Waals surface area contributed by atoms with Crippen molar-refractivity contribution in [3.8, 4) is 28.4 Å². The van der Waals surface area contributed by atoms with Crippen LogP contribution in [0.2, 0.25) is 0 Å². The molecular formula is C15H10BrN3O2. The second-order valence-corrected chi connectivity index (χ2v) is 5.28. The molecule has 5 nitrogen and oxygen atoms in total. The van der Waals surface area contributed by atoms with Gasteiger partial charge in [-0.05, 0) is 29.8 Å². The number of H-pyrrole nitrogens is 1. The van der Waals surface area contributed by atoms with E-state index < -0.39 is 5.56 Å². The average molecular weight is 344 g/mol. The van der Waals surface area contributed by atoms with Gasteiger partial charge in [-0.25, -0.2) is 0 Å². The second kappa shape index (κ2) is 5.49. The maximum Gasteiger partial charge on any atom is 0.262 e. The largest absolute Gasteiger partial charge is 0.493 e. The van der Waals surface area contributed by atoms with E-state index in [0.29, 0.717) is 11.1 Å². The lowest BCUT2D eigenvalue weighted by Gasteiger charge is -2.06. The molecule has 0 amide bonds. The minimum Gasteiger partial charge on any atom is -0.493 e. The third kappa shape index (κ3) is 2.71. The Morgan fingerprint density at radius 2 is 1.95 bits per heavy atom. The van der Waals surface area contributed by atoms with Crippen molar-refractivity contribution in [2.45, 2.75) is 0 Å². The van der Waals surface area contributed by atoms with Gasteiger partial charge in [0, 0.05) is 22.4 Å². The minimum absolute atomic E-state index is 0.143. The van der Waals surface area contributed by atoms with Crippen LogP contribution in [0.15, 0.2) is 58.1 Å². The van der Waals surface area contributed by atoms with E-state index in [1.807, 2.05) is 6.07 Å². The summed E-state index contributed by atoms with van der Waals surface area (Å²) in [4.78, 5) is 22.9. The highest BCUT2D eigenvalue weighted by molar-refractivity contribution is 9.10. The number of nitrogens with one attached hydrogen (secondary N) is 1.